The van der Waals surface area contributed by atoms with Crippen LogP contribution in [0.5, 0.6) is 0 Å². The van der Waals surface area contributed by atoms with Crippen LogP contribution in [0.3, 0.4) is 0 Å². The van der Waals surface area contributed by atoms with E-state index < -0.39 is 0 Å². The van der Waals surface area contributed by atoms with Gasteiger partial charge in [-0.3, -0.25) is 0 Å². The lowest BCUT2D eigenvalue weighted by molar-refractivity contribution is 0.0880. The number of hydrogen-bond donors (Lipinski definition) is 0. The summed E-state index contributed by atoms with van der Waals surface area (Å²) < 4.78 is 0. The molecule has 0 bridgehead atoms. The van der Waals surface area contributed by atoms with Crippen LogP contribution in [-0.4, -0.2) is 0 Å². The van der Waals surface area contributed by atoms with Crippen LogP contribution in [0.1, 0.15) is 66.7 Å². The van der Waals surface area contributed by atoms with E-state index in [0.29, 0.717) is 5.41 Å². The topological polar surface area (TPSA) is 0 Å². The van der Waals surface area contributed by atoms with Crippen molar-refractivity contribution in [2.24, 2.45) is 35.0 Å². The molecule has 0 N–H and O–H groups in total. The van der Waals surface area contributed by atoms with Gasteiger partial charge in [0.25, 0.3) is 0 Å². The van der Waals surface area contributed by atoms with Crippen molar-refractivity contribution in [3.05, 3.63) is 0 Å². The molecular formula is C16H30. The Hall–Kier alpha value is 0. The Morgan fingerprint density at radius 3 is 2.00 bits per heavy atom. The molecule has 0 amide bonds. The predicted molar refractivity (Wildman–Crippen MR) is 71.3 cm³/mol. The summed E-state index contributed by atoms with van der Waals surface area (Å²) in [5.74, 6) is 5.28. The van der Waals surface area contributed by atoms with Crippen molar-refractivity contribution in [1.29, 1.82) is 0 Å². The van der Waals surface area contributed by atoms with E-state index in [0.717, 1.165) is 29.6 Å². The van der Waals surface area contributed by atoms with Crippen LogP contribution >= 0.6 is 0 Å². The maximum absolute atomic E-state index is 2.45. The van der Waals surface area contributed by atoms with Crippen LogP contribution < -0.4 is 0 Å². The fourth-order valence-corrected chi connectivity index (χ4v) is 3.98. The fraction of sp³-hybridized carbons (Fsp3) is 1.00. The average molecular weight is 222 g/mol. The van der Waals surface area contributed by atoms with E-state index in [-0.39, 0.29) is 0 Å². The molecule has 2 fully saturated rings. The molecule has 0 nitrogen and oxygen atoms in total. The van der Waals surface area contributed by atoms with Crippen LogP contribution in [-0.2, 0) is 0 Å². The third kappa shape index (κ3) is 3.02. The summed E-state index contributed by atoms with van der Waals surface area (Å²) >= 11 is 0. The first-order valence-corrected chi connectivity index (χ1v) is 7.37. The molecule has 16 heavy (non-hydrogen) atoms. The van der Waals surface area contributed by atoms with Gasteiger partial charge < -0.3 is 0 Å². The third-order valence-electron chi connectivity index (χ3n) is 5.02. The summed E-state index contributed by atoms with van der Waals surface area (Å²) in [7, 11) is 0. The lowest BCUT2D eigenvalue weighted by Gasteiger charge is -2.41. The van der Waals surface area contributed by atoms with E-state index in [1.165, 1.54) is 32.1 Å². The van der Waals surface area contributed by atoms with Crippen LogP contribution in [0.2, 0.25) is 0 Å². The highest BCUT2D eigenvalue weighted by molar-refractivity contribution is 4.91. The van der Waals surface area contributed by atoms with Crippen LogP contribution in [0.25, 0.3) is 0 Å². The molecule has 0 heterocycles. The van der Waals surface area contributed by atoms with E-state index in [4.69, 9.17) is 0 Å². The quantitative estimate of drug-likeness (QED) is 0.618. The molecule has 2 aliphatic rings. The summed E-state index contributed by atoms with van der Waals surface area (Å²) in [6, 6.07) is 0. The maximum Gasteiger partial charge on any atom is -0.0362 e. The minimum absolute atomic E-state index is 0.552. The van der Waals surface area contributed by atoms with Gasteiger partial charge in [0.05, 0.1) is 0 Å². The van der Waals surface area contributed by atoms with Crippen LogP contribution in [0.15, 0.2) is 0 Å². The Morgan fingerprint density at radius 2 is 1.50 bits per heavy atom. The van der Waals surface area contributed by atoms with Gasteiger partial charge in [0.15, 0.2) is 0 Å². The summed E-state index contributed by atoms with van der Waals surface area (Å²) in [6.07, 6.45) is 7.52. The van der Waals surface area contributed by atoms with Crippen molar-refractivity contribution in [2.45, 2.75) is 66.7 Å². The Morgan fingerprint density at radius 1 is 0.875 bits per heavy atom. The molecule has 0 spiro atoms. The Balaban J connectivity index is 1.63. The standard InChI is InChI=1S/C16H30/c1-11-8-12(2)15(11)7-6-13-9-14(13)10-16(3,4)5/h11-15H,6-10H2,1-5H3. The zero-order chi connectivity index (χ0) is 11.9. The summed E-state index contributed by atoms with van der Waals surface area (Å²) in [5.41, 5.74) is 0.552. The second-order valence-corrected chi connectivity index (χ2v) is 7.95. The smallest absolute Gasteiger partial charge is 0.0362 e. The normalized spacial score (nSPS) is 42.9. The molecule has 0 heteroatoms. The summed E-state index contributed by atoms with van der Waals surface area (Å²) in [6.45, 7) is 12.1. The first-order valence-electron chi connectivity index (χ1n) is 7.37. The number of hydrogen-bond acceptors (Lipinski definition) is 0. The predicted octanol–water partition coefficient (Wildman–Crippen LogP) is 5.13. The van der Waals surface area contributed by atoms with Gasteiger partial charge in [-0.05, 0) is 67.1 Å². The first-order chi connectivity index (χ1) is 7.37. The van der Waals surface area contributed by atoms with E-state index in [2.05, 4.69) is 34.6 Å². The fourth-order valence-electron chi connectivity index (χ4n) is 3.98. The highest BCUT2D eigenvalue weighted by Crippen LogP contribution is 2.51. The van der Waals surface area contributed by atoms with Gasteiger partial charge in [0, 0.05) is 0 Å². The Bertz CT molecular complexity index is 227. The van der Waals surface area contributed by atoms with Gasteiger partial charge in [-0.15, -0.1) is 0 Å². The van der Waals surface area contributed by atoms with Crippen LogP contribution in [0.4, 0.5) is 0 Å². The molecule has 0 saturated heterocycles. The van der Waals surface area contributed by atoms with Crippen molar-refractivity contribution in [1.82, 2.24) is 0 Å². The second kappa shape index (κ2) is 4.35. The van der Waals surface area contributed by atoms with E-state index in [1.807, 2.05) is 0 Å². The monoisotopic (exact) mass is 222 g/mol. The van der Waals surface area contributed by atoms with Gasteiger partial charge in [-0.2, -0.15) is 0 Å². The Kier molecular flexibility index (Phi) is 3.39. The van der Waals surface area contributed by atoms with Crippen molar-refractivity contribution < 1.29 is 0 Å². The molecule has 0 aromatic carbocycles. The largest absolute Gasteiger partial charge is 0.0622 e. The molecule has 0 aliphatic heterocycles. The molecule has 4 atom stereocenters. The minimum atomic E-state index is 0.552. The summed E-state index contributed by atoms with van der Waals surface area (Å²) in [5, 5.41) is 0. The lowest BCUT2D eigenvalue weighted by Crippen LogP contribution is -2.32. The maximum atomic E-state index is 2.45. The zero-order valence-electron chi connectivity index (χ0n) is 11.9. The molecular weight excluding hydrogens is 192 g/mol. The van der Waals surface area contributed by atoms with E-state index in [1.54, 1.807) is 0 Å². The molecule has 0 aromatic rings. The third-order valence-corrected chi connectivity index (χ3v) is 5.02. The molecule has 2 aliphatic carbocycles. The van der Waals surface area contributed by atoms with Crippen molar-refractivity contribution in [3.8, 4) is 0 Å². The molecule has 0 radical (unpaired) electrons. The lowest BCUT2D eigenvalue weighted by atomic mass is 9.64. The summed E-state index contributed by atoms with van der Waals surface area (Å²) in [4.78, 5) is 0. The highest BCUT2D eigenvalue weighted by Gasteiger charge is 2.41. The van der Waals surface area contributed by atoms with Gasteiger partial charge in [-0.25, -0.2) is 0 Å². The second-order valence-electron chi connectivity index (χ2n) is 7.95. The van der Waals surface area contributed by atoms with E-state index >= 15 is 0 Å². The van der Waals surface area contributed by atoms with Gasteiger partial charge in [0.2, 0.25) is 0 Å². The Labute approximate surface area is 102 Å². The van der Waals surface area contributed by atoms with E-state index in [9.17, 15) is 0 Å². The van der Waals surface area contributed by atoms with Gasteiger partial charge >= 0.3 is 0 Å². The van der Waals surface area contributed by atoms with Crippen molar-refractivity contribution >= 4 is 0 Å². The van der Waals surface area contributed by atoms with Crippen molar-refractivity contribution in [3.63, 3.8) is 0 Å². The molecule has 0 aromatic heterocycles. The van der Waals surface area contributed by atoms with Crippen LogP contribution in [0, 0.1) is 35.0 Å². The zero-order valence-corrected chi connectivity index (χ0v) is 11.9. The first kappa shape index (κ1) is 12.5. The minimum Gasteiger partial charge on any atom is -0.0622 e. The highest BCUT2D eigenvalue weighted by atomic mass is 14.5. The van der Waals surface area contributed by atoms with Gasteiger partial charge in [-0.1, -0.05) is 34.6 Å². The van der Waals surface area contributed by atoms with Gasteiger partial charge in [0.1, 0.15) is 0 Å². The number of rotatable bonds is 4. The SMILES string of the molecule is CC1CC(C)C1CCC1CC1CC(C)(C)C. The average Bonchev–Trinajstić information content (AvgIpc) is 2.80. The molecule has 94 valence electrons. The van der Waals surface area contributed by atoms with Crippen molar-refractivity contribution in [2.75, 3.05) is 0 Å². The molecule has 2 saturated carbocycles. The molecule has 2 rings (SSSR count). The molecule has 4 unspecified atom stereocenters.